The van der Waals surface area contributed by atoms with Crippen LogP contribution in [0, 0.1) is 0 Å². The summed E-state index contributed by atoms with van der Waals surface area (Å²) in [6.07, 6.45) is -0.521. The van der Waals surface area contributed by atoms with E-state index in [1.807, 2.05) is 0 Å². The van der Waals surface area contributed by atoms with Crippen molar-refractivity contribution in [3.05, 3.63) is 18.2 Å². The summed E-state index contributed by atoms with van der Waals surface area (Å²) in [5.41, 5.74) is 5.84. The smallest absolute Gasteiger partial charge is 0.407 e. The van der Waals surface area contributed by atoms with Crippen LogP contribution in [0.2, 0.25) is 0 Å². The molecule has 1 aromatic carbocycles. The Balaban J connectivity index is 2.53. The van der Waals surface area contributed by atoms with Gasteiger partial charge in [0.2, 0.25) is 10.0 Å². The van der Waals surface area contributed by atoms with Crippen LogP contribution in [0.25, 0.3) is 0 Å². The second-order valence-electron chi connectivity index (χ2n) is 5.69. The van der Waals surface area contributed by atoms with E-state index in [1.165, 1.54) is 12.1 Å². The summed E-state index contributed by atoms with van der Waals surface area (Å²) in [6, 6.07) is 4.22. The second-order valence-corrected chi connectivity index (χ2v) is 7.25. The summed E-state index contributed by atoms with van der Waals surface area (Å²) in [5, 5.41) is 10.6. The first-order valence-electron chi connectivity index (χ1n) is 6.61. The fraction of sp³-hybridized carbons (Fsp3) is 0.462. The van der Waals surface area contributed by atoms with Crippen molar-refractivity contribution in [2.75, 3.05) is 24.1 Å². The van der Waals surface area contributed by atoms with Crippen LogP contribution < -0.4 is 21.5 Å². The first-order valence-corrected chi connectivity index (χ1v) is 8.16. The molecule has 9 heteroatoms. The van der Waals surface area contributed by atoms with E-state index in [1.54, 1.807) is 26.8 Å². The summed E-state index contributed by atoms with van der Waals surface area (Å²) < 4.78 is 27.7. The van der Waals surface area contributed by atoms with Gasteiger partial charge in [0, 0.05) is 24.5 Å². The second kappa shape index (κ2) is 6.84. The van der Waals surface area contributed by atoms with E-state index in [-0.39, 0.29) is 10.6 Å². The third kappa shape index (κ3) is 6.64. The number of nitrogens with two attached hydrogens (primary N) is 2. The number of sulfonamides is 1. The number of nitrogen functional groups attached to an aromatic ring is 1. The van der Waals surface area contributed by atoms with Crippen molar-refractivity contribution in [2.45, 2.75) is 31.3 Å². The first-order chi connectivity index (χ1) is 9.97. The molecule has 0 aliphatic heterocycles. The van der Waals surface area contributed by atoms with Crippen molar-refractivity contribution in [1.29, 1.82) is 0 Å². The third-order valence-electron chi connectivity index (χ3n) is 2.38. The van der Waals surface area contributed by atoms with Crippen molar-refractivity contribution in [2.24, 2.45) is 5.14 Å². The molecule has 0 fully saturated rings. The quantitative estimate of drug-likeness (QED) is 0.467. The van der Waals surface area contributed by atoms with Crippen molar-refractivity contribution in [3.8, 4) is 0 Å². The zero-order valence-electron chi connectivity index (χ0n) is 12.8. The fourth-order valence-electron chi connectivity index (χ4n) is 1.57. The molecule has 0 aliphatic rings. The number of hydrogen-bond acceptors (Lipinski definition) is 6. The standard InChI is InChI=1S/C13H22N4O4S/c1-13(2,3)21-12(18)17-5-4-16-10-6-9(14)7-11(8-10)22(15,19)20/h6-8,16H,4-5,14H2,1-3H3,(H,17,18)(H2,15,19,20). The zero-order chi connectivity index (χ0) is 17.0. The van der Waals surface area contributed by atoms with Crippen LogP contribution in [-0.2, 0) is 14.8 Å². The number of carbonyl (C=O) groups is 1. The molecule has 0 saturated carbocycles. The highest BCUT2D eigenvalue weighted by Crippen LogP contribution is 2.19. The largest absolute Gasteiger partial charge is 0.444 e. The minimum absolute atomic E-state index is 0.0740. The SMILES string of the molecule is CC(C)(C)OC(=O)NCCNc1cc(N)cc(S(N)(=O)=O)c1. The number of rotatable bonds is 5. The maximum atomic E-state index is 11.4. The van der Waals surface area contributed by atoms with Gasteiger partial charge in [-0.1, -0.05) is 0 Å². The summed E-state index contributed by atoms with van der Waals surface area (Å²) in [7, 11) is -3.82. The average molecular weight is 330 g/mol. The summed E-state index contributed by atoms with van der Waals surface area (Å²) in [5.74, 6) is 0. The lowest BCUT2D eigenvalue weighted by atomic mass is 10.2. The molecule has 0 aromatic heterocycles. The van der Waals surface area contributed by atoms with Crippen LogP contribution in [-0.4, -0.2) is 33.2 Å². The zero-order valence-corrected chi connectivity index (χ0v) is 13.7. The van der Waals surface area contributed by atoms with Gasteiger partial charge in [0.05, 0.1) is 4.90 Å². The molecule has 0 unspecified atom stereocenters. The lowest BCUT2D eigenvalue weighted by Crippen LogP contribution is -2.35. The van der Waals surface area contributed by atoms with Crippen LogP contribution in [0.5, 0.6) is 0 Å². The molecule has 1 amide bonds. The Labute approximate surface area is 130 Å². The van der Waals surface area contributed by atoms with Gasteiger partial charge >= 0.3 is 6.09 Å². The highest BCUT2D eigenvalue weighted by atomic mass is 32.2. The topological polar surface area (TPSA) is 137 Å². The van der Waals surface area contributed by atoms with Crippen molar-refractivity contribution < 1.29 is 17.9 Å². The first kappa shape index (κ1) is 18.1. The minimum atomic E-state index is -3.82. The molecule has 0 saturated heterocycles. The Kier molecular flexibility index (Phi) is 5.61. The molecule has 0 heterocycles. The normalized spacial score (nSPS) is 11.8. The molecule has 124 valence electrons. The molecule has 8 nitrogen and oxygen atoms in total. The number of hydrogen-bond donors (Lipinski definition) is 4. The van der Waals surface area contributed by atoms with E-state index in [2.05, 4.69) is 10.6 Å². The number of ether oxygens (including phenoxy) is 1. The Morgan fingerprint density at radius 1 is 1.23 bits per heavy atom. The van der Waals surface area contributed by atoms with Gasteiger partial charge in [-0.05, 0) is 39.0 Å². The summed E-state index contributed by atoms with van der Waals surface area (Å²) in [6.45, 7) is 5.98. The number of carbonyl (C=O) groups excluding carboxylic acids is 1. The molecular weight excluding hydrogens is 308 g/mol. The Morgan fingerprint density at radius 3 is 2.41 bits per heavy atom. The van der Waals surface area contributed by atoms with Crippen LogP contribution in [0.4, 0.5) is 16.2 Å². The number of nitrogens with one attached hydrogen (secondary N) is 2. The average Bonchev–Trinajstić information content (AvgIpc) is 2.30. The predicted molar refractivity (Wildman–Crippen MR) is 85.0 cm³/mol. The van der Waals surface area contributed by atoms with Crippen molar-refractivity contribution in [1.82, 2.24) is 5.32 Å². The molecule has 0 atom stereocenters. The number of benzene rings is 1. The van der Waals surface area contributed by atoms with Gasteiger partial charge in [0.25, 0.3) is 0 Å². The van der Waals surface area contributed by atoms with Gasteiger partial charge in [-0.2, -0.15) is 0 Å². The predicted octanol–water partition coefficient (Wildman–Crippen LogP) is 0.853. The fourth-order valence-corrected chi connectivity index (χ4v) is 2.17. The van der Waals surface area contributed by atoms with Crippen molar-refractivity contribution >= 4 is 27.5 Å². The van der Waals surface area contributed by atoms with Gasteiger partial charge in [0.1, 0.15) is 5.60 Å². The van der Waals surface area contributed by atoms with Crippen LogP contribution in [0.3, 0.4) is 0 Å². The maximum Gasteiger partial charge on any atom is 0.407 e. The Morgan fingerprint density at radius 2 is 1.86 bits per heavy atom. The molecular formula is C13H22N4O4S. The van der Waals surface area contributed by atoms with Crippen LogP contribution in [0.1, 0.15) is 20.8 Å². The van der Waals surface area contributed by atoms with Gasteiger partial charge in [-0.15, -0.1) is 0 Å². The number of primary sulfonamides is 1. The summed E-state index contributed by atoms with van der Waals surface area (Å²) >= 11 is 0. The van der Waals surface area contributed by atoms with E-state index in [4.69, 9.17) is 15.6 Å². The van der Waals surface area contributed by atoms with E-state index in [9.17, 15) is 13.2 Å². The molecule has 0 aliphatic carbocycles. The molecule has 0 bridgehead atoms. The highest BCUT2D eigenvalue weighted by Gasteiger charge is 2.15. The lowest BCUT2D eigenvalue weighted by molar-refractivity contribution is 0.0530. The van der Waals surface area contributed by atoms with Crippen molar-refractivity contribution in [3.63, 3.8) is 0 Å². The number of anilines is 2. The minimum Gasteiger partial charge on any atom is -0.444 e. The maximum absolute atomic E-state index is 11.4. The van der Waals surface area contributed by atoms with E-state index < -0.39 is 21.7 Å². The van der Waals surface area contributed by atoms with E-state index in [0.717, 1.165) is 0 Å². The molecule has 1 rings (SSSR count). The number of amides is 1. The monoisotopic (exact) mass is 330 g/mol. The molecule has 1 aromatic rings. The summed E-state index contributed by atoms with van der Waals surface area (Å²) in [4.78, 5) is 11.4. The highest BCUT2D eigenvalue weighted by molar-refractivity contribution is 7.89. The number of alkyl carbamates (subject to hydrolysis) is 1. The molecule has 0 radical (unpaired) electrons. The third-order valence-corrected chi connectivity index (χ3v) is 3.27. The molecule has 22 heavy (non-hydrogen) atoms. The van der Waals surface area contributed by atoms with Gasteiger partial charge < -0.3 is 21.1 Å². The van der Waals surface area contributed by atoms with Crippen LogP contribution >= 0.6 is 0 Å². The Bertz CT molecular complexity index is 638. The Hall–Kier alpha value is -2.00. The molecule has 0 spiro atoms. The van der Waals surface area contributed by atoms with Gasteiger partial charge in [-0.3, -0.25) is 0 Å². The van der Waals surface area contributed by atoms with Gasteiger partial charge in [-0.25, -0.2) is 18.4 Å². The molecule has 6 N–H and O–H groups in total. The lowest BCUT2D eigenvalue weighted by Gasteiger charge is -2.19. The van der Waals surface area contributed by atoms with E-state index >= 15 is 0 Å². The van der Waals surface area contributed by atoms with E-state index in [0.29, 0.717) is 18.8 Å². The van der Waals surface area contributed by atoms with Crippen LogP contribution in [0.15, 0.2) is 23.1 Å². The van der Waals surface area contributed by atoms with Gasteiger partial charge in [0.15, 0.2) is 0 Å².